The van der Waals surface area contributed by atoms with Gasteiger partial charge in [0.15, 0.2) is 0 Å². The molecule has 2 heterocycles. The molecule has 2 atom stereocenters. The van der Waals surface area contributed by atoms with E-state index < -0.39 is 0 Å². The molecule has 4 nitrogen and oxygen atoms in total. The highest BCUT2D eigenvalue weighted by atomic mass is 15.2. The molecule has 1 aromatic heterocycles. The van der Waals surface area contributed by atoms with Crippen molar-refractivity contribution >= 4 is 0 Å². The van der Waals surface area contributed by atoms with Crippen LogP contribution in [0, 0.1) is 0 Å². The Bertz CT molecular complexity index is 381. The van der Waals surface area contributed by atoms with Gasteiger partial charge in [0.05, 0.1) is 18.1 Å². The zero-order valence-corrected chi connectivity index (χ0v) is 10.5. The van der Waals surface area contributed by atoms with Gasteiger partial charge in [-0.1, -0.05) is 6.92 Å². The first kappa shape index (κ1) is 11.2. The Morgan fingerprint density at radius 1 is 1.41 bits per heavy atom. The molecule has 0 radical (unpaired) electrons. The van der Waals surface area contributed by atoms with Crippen LogP contribution in [0.5, 0.6) is 0 Å². The van der Waals surface area contributed by atoms with Gasteiger partial charge in [0, 0.05) is 24.8 Å². The molecule has 2 fully saturated rings. The van der Waals surface area contributed by atoms with Crippen molar-refractivity contribution in [2.45, 2.75) is 50.7 Å². The maximum Gasteiger partial charge on any atom is 0.0951 e. The SMILES string of the molecule is CCCN1CCC(N)C1c1cncn1C1CC1. The van der Waals surface area contributed by atoms with Gasteiger partial charge in [0.1, 0.15) is 0 Å². The number of hydrogen-bond acceptors (Lipinski definition) is 3. The highest BCUT2D eigenvalue weighted by Gasteiger charge is 2.36. The second-order valence-corrected chi connectivity index (χ2v) is 5.39. The number of nitrogens with zero attached hydrogens (tertiary/aromatic N) is 3. The quantitative estimate of drug-likeness (QED) is 0.862. The third-order valence-electron chi connectivity index (χ3n) is 4.00. The number of nitrogens with two attached hydrogens (primary N) is 1. The van der Waals surface area contributed by atoms with Crippen molar-refractivity contribution in [3.8, 4) is 0 Å². The third-order valence-corrected chi connectivity index (χ3v) is 4.00. The van der Waals surface area contributed by atoms with Crippen LogP contribution in [0.1, 0.15) is 50.4 Å². The van der Waals surface area contributed by atoms with Gasteiger partial charge in [0.25, 0.3) is 0 Å². The molecule has 0 amide bonds. The van der Waals surface area contributed by atoms with E-state index in [1.54, 1.807) is 0 Å². The fourth-order valence-corrected chi connectivity index (χ4v) is 3.03. The predicted octanol–water partition coefficient (Wildman–Crippen LogP) is 1.70. The molecule has 94 valence electrons. The van der Waals surface area contributed by atoms with Crippen LogP contribution in [-0.4, -0.2) is 33.6 Å². The Kier molecular flexibility index (Phi) is 2.92. The van der Waals surface area contributed by atoms with Crippen LogP contribution in [-0.2, 0) is 0 Å². The number of rotatable bonds is 4. The molecule has 1 saturated carbocycles. The summed E-state index contributed by atoms with van der Waals surface area (Å²) in [5, 5.41) is 0. The average molecular weight is 234 g/mol. The molecular formula is C13H22N4. The second kappa shape index (κ2) is 4.42. The largest absolute Gasteiger partial charge is 0.330 e. The lowest BCUT2D eigenvalue weighted by Gasteiger charge is -2.27. The van der Waals surface area contributed by atoms with E-state index >= 15 is 0 Å². The highest BCUT2D eigenvalue weighted by Crippen LogP contribution is 2.39. The molecule has 1 aliphatic heterocycles. The minimum atomic E-state index is 0.274. The van der Waals surface area contributed by atoms with Crippen molar-refractivity contribution in [3.63, 3.8) is 0 Å². The van der Waals surface area contributed by atoms with Crippen molar-refractivity contribution in [2.75, 3.05) is 13.1 Å². The van der Waals surface area contributed by atoms with Crippen molar-refractivity contribution in [3.05, 3.63) is 18.2 Å². The van der Waals surface area contributed by atoms with Crippen molar-refractivity contribution in [2.24, 2.45) is 5.73 Å². The first-order valence-corrected chi connectivity index (χ1v) is 6.82. The van der Waals surface area contributed by atoms with Gasteiger partial charge in [-0.25, -0.2) is 4.98 Å². The Morgan fingerprint density at radius 3 is 2.94 bits per heavy atom. The molecule has 2 unspecified atom stereocenters. The summed E-state index contributed by atoms with van der Waals surface area (Å²) >= 11 is 0. The lowest BCUT2D eigenvalue weighted by molar-refractivity contribution is 0.239. The molecule has 0 bridgehead atoms. The molecule has 1 aromatic rings. The molecule has 4 heteroatoms. The van der Waals surface area contributed by atoms with E-state index in [0.717, 1.165) is 19.5 Å². The fourth-order valence-electron chi connectivity index (χ4n) is 3.03. The zero-order valence-electron chi connectivity index (χ0n) is 10.5. The molecule has 1 saturated heterocycles. The first-order chi connectivity index (χ1) is 8.31. The normalized spacial score (nSPS) is 30.0. The Morgan fingerprint density at radius 2 is 2.24 bits per heavy atom. The summed E-state index contributed by atoms with van der Waals surface area (Å²) in [7, 11) is 0. The Labute approximate surface area is 103 Å². The van der Waals surface area contributed by atoms with Crippen LogP contribution < -0.4 is 5.73 Å². The monoisotopic (exact) mass is 234 g/mol. The second-order valence-electron chi connectivity index (χ2n) is 5.39. The van der Waals surface area contributed by atoms with E-state index in [0.29, 0.717) is 12.1 Å². The summed E-state index contributed by atoms with van der Waals surface area (Å²) in [4.78, 5) is 6.87. The van der Waals surface area contributed by atoms with Crippen LogP contribution >= 0.6 is 0 Å². The zero-order chi connectivity index (χ0) is 11.8. The number of aromatic nitrogens is 2. The fraction of sp³-hybridized carbons (Fsp3) is 0.769. The topological polar surface area (TPSA) is 47.1 Å². The summed E-state index contributed by atoms with van der Waals surface area (Å²) in [5.74, 6) is 0. The Balaban J connectivity index is 1.86. The summed E-state index contributed by atoms with van der Waals surface area (Å²) < 4.78 is 2.36. The maximum atomic E-state index is 6.30. The number of imidazole rings is 1. The molecular weight excluding hydrogens is 212 g/mol. The predicted molar refractivity (Wildman–Crippen MR) is 67.7 cm³/mol. The van der Waals surface area contributed by atoms with Gasteiger partial charge < -0.3 is 10.3 Å². The van der Waals surface area contributed by atoms with Gasteiger partial charge in [-0.15, -0.1) is 0 Å². The summed E-state index contributed by atoms with van der Waals surface area (Å²) in [5.41, 5.74) is 7.64. The van der Waals surface area contributed by atoms with Crippen molar-refractivity contribution < 1.29 is 0 Å². The minimum Gasteiger partial charge on any atom is -0.330 e. The van der Waals surface area contributed by atoms with Gasteiger partial charge in [0.2, 0.25) is 0 Å². The number of likely N-dealkylation sites (tertiary alicyclic amines) is 1. The lowest BCUT2D eigenvalue weighted by Crippen LogP contribution is -2.33. The molecule has 17 heavy (non-hydrogen) atoms. The lowest BCUT2D eigenvalue weighted by atomic mass is 10.1. The first-order valence-electron chi connectivity index (χ1n) is 6.82. The smallest absolute Gasteiger partial charge is 0.0951 e. The standard InChI is InChI=1S/C13H22N4/c1-2-6-16-7-5-11(14)13(16)12-8-15-9-17(12)10-3-4-10/h8-11,13H,2-7,14H2,1H3. The maximum absolute atomic E-state index is 6.30. The molecule has 0 aromatic carbocycles. The van der Waals surface area contributed by atoms with E-state index in [-0.39, 0.29) is 6.04 Å². The van der Waals surface area contributed by atoms with Gasteiger partial charge in [-0.05, 0) is 32.2 Å². The van der Waals surface area contributed by atoms with E-state index in [2.05, 4.69) is 21.4 Å². The molecule has 2 aliphatic rings. The van der Waals surface area contributed by atoms with Crippen LogP contribution in [0.2, 0.25) is 0 Å². The summed E-state index contributed by atoms with van der Waals surface area (Å²) in [6.45, 7) is 4.52. The number of hydrogen-bond donors (Lipinski definition) is 1. The van der Waals surface area contributed by atoms with Crippen molar-refractivity contribution in [1.29, 1.82) is 0 Å². The molecule has 0 spiro atoms. The van der Waals surface area contributed by atoms with E-state index in [9.17, 15) is 0 Å². The van der Waals surface area contributed by atoms with Gasteiger partial charge in [-0.2, -0.15) is 0 Å². The van der Waals surface area contributed by atoms with Crippen molar-refractivity contribution in [1.82, 2.24) is 14.5 Å². The van der Waals surface area contributed by atoms with E-state index in [4.69, 9.17) is 5.73 Å². The van der Waals surface area contributed by atoms with E-state index in [1.165, 1.54) is 25.0 Å². The summed E-state index contributed by atoms with van der Waals surface area (Å²) in [6.07, 6.45) is 8.93. The van der Waals surface area contributed by atoms with Crippen LogP contribution in [0.25, 0.3) is 0 Å². The minimum absolute atomic E-state index is 0.274. The highest BCUT2D eigenvalue weighted by molar-refractivity contribution is 5.14. The van der Waals surface area contributed by atoms with Crippen LogP contribution in [0.15, 0.2) is 12.5 Å². The Hall–Kier alpha value is -0.870. The molecule has 1 aliphatic carbocycles. The van der Waals surface area contributed by atoms with Gasteiger partial charge in [-0.3, -0.25) is 4.90 Å². The molecule has 3 rings (SSSR count). The summed E-state index contributed by atoms with van der Waals surface area (Å²) in [6, 6.07) is 1.36. The third kappa shape index (κ3) is 2.00. The van der Waals surface area contributed by atoms with Crippen LogP contribution in [0.4, 0.5) is 0 Å². The van der Waals surface area contributed by atoms with Gasteiger partial charge >= 0.3 is 0 Å². The molecule has 2 N–H and O–H groups in total. The van der Waals surface area contributed by atoms with Crippen LogP contribution in [0.3, 0.4) is 0 Å². The van der Waals surface area contributed by atoms with E-state index in [1.807, 2.05) is 12.5 Å². The average Bonchev–Trinajstić information content (AvgIpc) is 2.95.